The Labute approximate surface area is 263 Å². The molecule has 47 heavy (non-hydrogen) atoms. The number of carbonyl (C=O) groups is 1. The molecule has 2 aromatic heterocycles. The Morgan fingerprint density at radius 3 is 2.55 bits per heavy atom. The molecule has 6 rings (SSSR count). The highest BCUT2D eigenvalue weighted by molar-refractivity contribution is 5.93. The van der Waals surface area contributed by atoms with Crippen molar-refractivity contribution in [2.45, 2.75) is 25.2 Å². The summed E-state index contributed by atoms with van der Waals surface area (Å²) in [5.74, 6) is -7.32. The fourth-order valence-electron chi connectivity index (χ4n) is 5.48. The molecule has 1 fully saturated rings. The zero-order valence-electron chi connectivity index (χ0n) is 24.4. The summed E-state index contributed by atoms with van der Waals surface area (Å²) in [6, 6.07) is 11.8. The van der Waals surface area contributed by atoms with E-state index in [4.69, 9.17) is 19.5 Å². The van der Waals surface area contributed by atoms with Crippen molar-refractivity contribution in [3.8, 4) is 23.2 Å². The van der Waals surface area contributed by atoms with Gasteiger partial charge in [0.1, 0.15) is 35.7 Å². The normalized spacial score (nSPS) is 16.0. The van der Waals surface area contributed by atoms with Crippen LogP contribution in [0.1, 0.15) is 38.9 Å². The number of benzene rings is 3. The number of aromatic carboxylic acids is 1. The van der Waals surface area contributed by atoms with Crippen LogP contribution in [0.2, 0.25) is 0 Å². The quantitative estimate of drug-likeness (QED) is 0.150. The second-order valence-electron chi connectivity index (χ2n) is 10.7. The molecule has 0 aliphatic carbocycles. The Kier molecular flexibility index (Phi) is 8.59. The SMILES string of the molecule is COC1COCC1n1c(Cc2c(F)cc(-c3cccc(OCc4ccc(C#N)cc4F)n3)c(F)c2F)nc2c(F)cc(C(=O)O)cc21. The molecule has 240 valence electrons. The van der Waals surface area contributed by atoms with Gasteiger partial charge in [-0.1, -0.05) is 12.1 Å². The van der Waals surface area contributed by atoms with Crippen LogP contribution in [0, 0.1) is 40.4 Å². The highest BCUT2D eigenvalue weighted by Crippen LogP contribution is 2.34. The Morgan fingerprint density at radius 2 is 1.83 bits per heavy atom. The minimum atomic E-state index is -1.54. The smallest absolute Gasteiger partial charge is 0.335 e. The summed E-state index contributed by atoms with van der Waals surface area (Å²) in [7, 11) is 1.42. The molecular formula is C33H23F5N4O5. The molecule has 0 radical (unpaired) electrons. The van der Waals surface area contributed by atoms with Crippen LogP contribution in [0.15, 0.2) is 54.6 Å². The van der Waals surface area contributed by atoms with Gasteiger partial charge in [-0.2, -0.15) is 5.26 Å². The Bertz CT molecular complexity index is 2080. The van der Waals surface area contributed by atoms with Gasteiger partial charge >= 0.3 is 5.97 Å². The van der Waals surface area contributed by atoms with Crippen LogP contribution in [0.4, 0.5) is 22.0 Å². The zero-order valence-corrected chi connectivity index (χ0v) is 24.4. The highest BCUT2D eigenvalue weighted by Gasteiger charge is 2.34. The average molecular weight is 651 g/mol. The number of hydrogen-bond donors (Lipinski definition) is 1. The number of imidazole rings is 1. The third kappa shape index (κ3) is 5.98. The molecule has 9 nitrogen and oxygen atoms in total. The first kappa shape index (κ1) is 31.6. The molecule has 2 unspecified atom stereocenters. The summed E-state index contributed by atoms with van der Waals surface area (Å²) >= 11 is 0. The van der Waals surface area contributed by atoms with Crippen molar-refractivity contribution >= 4 is 17.0 Å². The van der Waals surface area contributed by atoms with Crippen LogP contribution in [-0.2, 0) is 22.5 Å². The molecule has 3 heterocycles. The van der Waals surface area contributed by atoms with E-state index in [0.717, 1.165) is 18.2 Å². The Morgan fingerprint density at radius 1 is 1.02 bits per heavy atom. The van der Waals surface area contributed by atoms with Crippen molar-refractivity contribution < 1.29 is 46.1 Å². The lowest BCUT2D eigenvalue weighted by Crippen LogP contribution is -2.26. The second kappa shape index (κ2) is 12.8. The van der Waals surface area contributed by atoms with Gasteiger partial charge in [0, 0.05) is 36.3 Å². The van der Waals surface area contributed by atoms with E-state index in [9.17, 15) is 14.3 Å². The van der Waals surface area contributed by atoms with E-state index in [1.54, 1.807) is 0 Å². The number of aromatic nitrogens is 3. The molecular weight excluding hydrogens is 627 g/mol. The van der Waals surface area contributed by atoms with E-state index in [2.05, 4.69) is 9.97 Å². The van der Waals surface area contributed by atoms with Gasteiger partial charge in [0.2, 0.25) is 5.88 Å². The van der Waals surface area contributed by atoms with Crippen LogP contribution >= 0.6 is 0 Å². The maximum atomic E-state index is 15.7. The maximum Gasteiger partial charge on any atom is 0.335 e. The summed E-state index contributed by atoms with van der Waals surface area (Å²) in [5, 5.41) is 18.4. The summed E-state index contributed by atoms with van der Waals surface area (Å²) in [6.07, 6.45) is -1.21. The van der Waals surface area contributed by atoms with Gasteiger partial charge in [-0.25, -0.2) is 36.7 Å². The number of pyridine rings is 1. The Hall–Kier alpha value is -5.39. The molecule has 14 heteroatoms. The molecule has 1 aliphatic heterocycles. The Balaban J connectivity index is 1.35. The number of fused-ring (bicyclic) bond motifs is 1. The second-order valence-corrected chi connectivity index (χ2v) is 10.7. The van der Waals surface area contributed by atoms with Gasteiger partial charge in [-0.05, 0) is 36.4 Å². The van der Waals surface area contributed by atoms with Crippen LogP contribution in [0.5, 0.6) is 5.88 Å². The standard InChI is InChI=1S/C33H23F5N4O5/c1-45-27-15-46-14-26(27)42-25-9-18(33(43)44)8-23(36)32(25)41-28(42)11-19-22(35)10-20(31(38)30(19)37)24-3-2-4-29(40-24)47-13-17-6-5-16(12-39)7-21(17)34/h2-10,26-27H,11,13-15H2,1H3,(H,43,44). The number of ether oxygens (including phenoxy) is 3. The van der Waals surface area contributed by atoms with Crippen LogP contribution < -0.4 is 4.74 Å². The molecule has 0 amide bonds. The van der Waals surface area contributed by atoms with E-state index in [0.29, 0.717) is 0 Å². The van der Waals surface area contributed by atoms with Crippen molar-refractivity contribution in [3.05, 3.63) is 112 Å². The predicted octanol–water partition coefficient (Wildman–Crippen LogP) is 6.12. The number of nitrogens with zero attached hydrogens (tertiary/aromatic N) is 4. The molecule has 0 saturated carbocycles. The molecule has 2 atom stereocenters. The lowest BCUT2D eigenvalue weighted by molar-refractivity contribution is 0.0687. The first-order valence-corrected chi connectivity index (χ1v) is 14.1. The third-order valence-electron chi connectivity index (χ3n) is 7.85. The van der Waals surface area contributed by atoms with Crippen molar-refractivity contribution in [1.29, 1.82) is 5.26 Å². The van der Waals surface area contributed by atoms with Crippen molar-refractivity contribution in [1.82, 2.24) is 14.5 Å². The summed E-state index contributed by atoms with van der Waals surface area (Å²) in [4.78, 5) is 20.0. The first-order valence-electron chi connectivity index (χ1n) is 14.1. The molecule has 5 aromatic rings. The highest BCUT2D eigenvalue weighted by atomic mass is 19.2. The molecule has 3 aromatic carbocycles. The van der Waals surface area contributed by atoms with Crippen molar-refractivity contribution in [3.63, 3.8) is 0 Å². The zero-order chi connectivity index (χ0) is 33.4. The molecule has 1 aliphatic rings. The van der Waals surface area contributed by atoms with Crippen molar-refractivity contribution in [2.75, 3.05) is 20.3 Å². The van der Waals surface area contributed by atoms with Gasteiger partial charge < -0.3 is 23.9 Å². The number of nitriles is 1. The first-order chi connectivity index (χ1) is 22.6. The van der Waals surface area contributed by atoms with E-state index >= 15 is 17.6 Å². The molecule has 0 bridgehead atoms. The fourth-order valence-corrected chi connectivity index (χ4v) is 5.48. The minimum absolute atomic E-state index is 0.0368. The number of carboxylic acids is 1. The van der Waals surface area contributed by atoms with Gasteiger partial charge in [0.25, 0.3) is 0 Å². The number of hydrogen-bond acceptors (Lipinski definition) is 7. The van der Waals surface area contributed by atoms with E-state index in [1.807, 2.05) is 6.07 Å². The molecule has 1 saturated heterocycles. The maximum absolute atomic E-state index is 15.7. The lowest BCUT2D eigenvalue weighted by atomic mass is 10.0. The summed E-state index contributed by atoms with van der Waals surface area (Å²) in [6.45, 7) is -0.0919. The van der Waals surface area contributed by atoms with Crippen molar-refractivity contribution in [2.24, 2.45) is 0 Å². The van der Waals surface area contributed by atoms with Gasteiger partial charge in [-0.3, -0.25) is 0 Å². The van der Waals surface area contributed by atoms with Gasteiger partial charge in [-0.15, -0.1) is 0 Å². The van der Waals surface area contributed by atoms with Crippen LogP contribution in [0.25, 0.3) is 22.3 Å². The third-order valence-corrected chi connectivity index (χ3v) is 7.85. The number of methoxy groups -OCH3 is 1. The predicted molar refractivity (Wildman–Crippen MR) is 155 cm³/mol. The van der Waals surface area contributed by atoms with Gasteiger partial charge in [0.05, 0.1) is 47.7 Å². The van der Waals surface area contributed by atoms with Crippen LogP contribution in [-0.4, -0.2) is 52.0 Å². The number of carboxylic acid groups (broad SMARTS) is 1. The number of halogens is 5. The number of rotatable bonds is 9. The lowest BCUT2D eigenvalue weighted by Gasteiger charge is -2.21. The largest absolute Gasteiger partial charge is 0.478 e. The molecule has 1 N–H and O–H groups in total. The fraction of sp³-hybridized carbons (Fsp3) is 0.212. The van der Waals surface area contributed by atoms with E-state index < -0.39 is 64.7 Å². The monoisotopic (exact) mass is 650 g/mol. The summed E-state index contributed by atoms with van der Waals surface area (Å²) < 4.78 is 94.0. The minimum Gasteiger partial charge on any atom is -0.478 e. The van der Waals surface area contributed by atoms with E-state index in [-0.39, 0.29) is 64.9 Å². The van der Waals surface area contributed by atoms with E-state index in [1.165, 1.54) is 48.1 Å². The summed E-state index contributed by atoms with van der Waals surface area (Å²) in [5.41, 5.74) is -1.74. The average Bonchev–Trinajstić information content (AvgIpc) is 3.68. The molecule has 0 spiro atoms. The van der Waals surface area contributed by atoms with Crippen LogP contribution in [0.3, 0.4) is 0 Å². The van der Waals surface area contributed by atoms with Gasteiger partial charge in [0.15, 0.2) is 17.5 Å². The topological polar surface area (TPSA) is 119 Å².